The van der Waals surface area contributed by atoms with Crippen molar-refractivity contribution in [2.24, 2.45) is 0 Å². The maximum absolute atomic E-state index is 12.7. The van der Waals surface area contributed by atoms with E-state index in [-0.39, 0.29) is 5.43 Å². The molecular weight excluding hydrogens is 360 g/mol. The summed E-state index contributed by atoms with van der Waals surface area (Å²) < 4.78 is 27.3. The topological polar surface area (TPSA) is 71.0 Å². The fraction of sp³-hybridized carbons (Fsp3) is 0.136. The van der Waals surface area contributed by atoms with Crippen molar-refractivity contribution in [1.82, 2.24) is 0 Å². The van der Waals surface area contributed by atoms with E-state index in [1.807, 2.05) is 24.3 Å². The minimum atomic E-state index is -0.187. The first-order valence-corrected chi connectivity index (χ1v) is 8.56. The Bertz CT molecular complexity index is 1250. The number of rotatable bonds is 5. The van der Waals surface area contributed by atoms with Crippen LogP contribution in [-0.4, -0.2) is 21.3 Å². The number of methoxy groups -OCH3 is 3. The molecule has 0 bridgehead atoms. The summed E-state index contributed by atoms with van der Waals surface area (Å²) in [5.41, 5.74) is 1.68. The van der Waals surface area contributed by atoms with Crippen LogP contribution >= 0.6 is 0 Å². The number of fused-ring (bicyclic) bond motifs is 2. The number of furan rings is 1. The van der Waals surface area contributed by atoms with Gasteiger partial charge in [0.1, 0.15) is 28.1 Å². The van der Waals surface area contributed by atoms with Gasteiger partial charge >= 0.3 is 0 Å². The van der Waals surface area contributed by atoms with Gasteiger partial charge in [-0.05, 0) is 29.8 Å². The summed E-state index contributed by atoms with van der Waals surface area (Å²) in [7, 11) is 4.68. The van der Waals surface area contributed by atoms with Crippen molar-refractivity contribution in [2.75, 3.05) is 21.3 Å². The first-order chi connectivity index (χ1) is 13.6. The van der Waals surface area contributed by atoms with Crippen LogP contribution in [0.25, 0.3) is 34.1 Å². The van der Waals surface area contributed by atoms with Crippen LogP contribution in [0, 0.1) is 0 Å². The van der Waals surface area contributed by atoms with Gasteiger partial charge in [0.05, 0.1) is 33.0 Å². The molecular formula is C22H18O6. The lowest BCUT2D eigenvalue weighted by Crippen LogP contribution is -2.03. The molecule has 0 amide bonds. The van der Waals surface area contributed by atoms with Crippen molar-refractivity contribution < 1.29 is 23.0 Å². The molecule has 0 N–H and O–H groups in total. The van der Waals surface area contributed by atoms with Gasteiger partial charge in [0.2, 0.25) is 0 Å². The Morgan fingerprint density at radius 3 is 2.43 bits per heavy atom. The van der Waals surface area contributed by atoms with Crippen LogP contribution < -0.4 is 19.6 Å². The van der Waals surface area contributed by atoms with E-state index in [0.29, 0.717) is 39.6 Å². The largest absolute Gasteiger partial charge is 0.495 e. The normalized spacial score (nSPS) is 11.4. The minimum Gasteiger partial charge on any atom is -0.495 e. The second-order valence-corrected chi connectivity index (χ2v) is 6.08. The molecule has 4 aromatic rings. The summed E-state index contributed by atoms with van der Waals surface area (Å²) >= 11 is 0. The monoisotopic (exact) mass is 378 g/mol. The van der Waals surface area contributed by atoms with E-state index in [1.54, 1.807) is 38.7 Å². The highest BCUT2D eigenvalue weighted by atomic mass is 16.5. The van der Waals surface area contributed by atoms with Crippen LogP contribution in [-0.2, 0) is 0 Å². The molecule has 2 aromatic heterocycles. The molecule has 0 saturated carbocycles. The maximum atomic E-state index is 12.7. The van der Waals surface area contributed by atoms with Gasteiger partial charge in [-0.25, -0.2) is 0 Å². The molecule has 0 aliphatic rings. The van der Waals surface area contributed by atoms with Gasteiger partial charge < -0.3 is 23.0 Å². The summed E-state index contributed by atoms with van der Waals surface area (Å²) in [6.45, 7) is 0. The van der Waals surface area contributed by atoms with Crippen LogP contribution in [0.3, 0.4) is 0 Å². The summed E-state index contributed by atoms with van der Waals surface area (Å²) in [4.78, 5) is 12.7. The smallest absolute Gasteiger partial charge is 0.197 e. The number of hydrogen-bond donors (Lipinski definition) is 0. The Hall–Kier alpha value is -3.67. The molecule has 2 heterocycles. The Balaban J connectivity index is 1.79. The predicted octanol–water partition coefficient (Wildman–Crippen LogP) is 4.74. The van der Waals surface area contributed by atoms with E-state index in [1.165, 1.54) is 13.2 Å². The molecule has 0 aliphatic carbocycles. The molecule has 142 valence electrons. The Morgan fingerprint density at radius 2 is 1.68 bits per heavy atom. The van der Waals surface area contributed by atoms with Gasteiger partial charge in [0.25, 0.3) is 0 Å². The van der Waals surface area contributed by atoms with Gasteiger partial charge in [-0.15, -0.1) is 0 Å². The van der Waals surface area contributed by atoms with E-state index in [9.17, 15) is 4.79 Å². The molecule has 6 nitrogen and oxygen atoms in total. The third-order valence-corrected chi connectivity index (χ3v) is 4.47. The van der Waals surface area contributed by atoms with Gasteiger partial charge in [-0.1, -0.05) is 12.1 Å². The quantitative estimate of drug-likeness (QED) is 0.500. The first-order valence-electron chi connectivity index (χ1n) is 8.56. The molecule has 0 saturated heterocycles. The molecule has 28 heavy (non-hydrogen) atoms. The van der Waals surface area contributed by atoms with Gasteiger partial charge in [-0.3, -0.25) is 4.79 Å². The molecule has 2 aromatic carbocycles. The van der Waals surface area contributed by atoms with E-state index in [4.69, 9.17) is 23.0 Å². The second kappa shape index (κ2) is 7.15. The number of hydrogen-bond acceptors (Lipinski definition) is 6. The second-order valence-electron chi connectivity index (χ2n) is 6.08. The highest BCUT2D eigenvalue weighted by molar-refractivity contribution is 6.01. The van der Waals surface area contributed by atoms with E-state index in [2.05, 4.69) is 0 Å². The SMILES string of the molecule is COc1ccc(C=Cc2cc(=O)c3c(OC)c4ccoc4cc3o2)cc1OC. The third kappa shape index (κ3) is 2.99. The van der Waals surface area contributed by atoms with Crippen molar-refractivity contribution in [2.45, 2.75) is 0 Å². The highest BCUT2D eigenvalue weighted by Crippen LogP contribution is 2.34. The first kappa shape index (κ1) is 17.7. The fourth-order valence-corrected chi connectivity index (χ4v) is 3.16. The van der Waals surface area contributed by atoms with Crippen molar-refractivity contribution in [3.8, 4) is 17.2 Å². The van der Waals surface area contributed by atoms with E-state index >= 15 is 0 Å². The van der Waals surface area contributed by atoms with Crippen LogP contribution in [0.2, 0.25) is 0 Å². The third-order valence-electron chi connectivity index (χ3n) is 4.47. The number of ether oxygens (including phenoxy) is 3. The predicted molar refractivity (Wildman–Crippen MR) is 107 cm³/mol. The van der Waals surface area contributed by atoms with Crippen molar-refractivity contribution >= 4 is 34.1 Å². The summed E-state index contributed by atoms with van der Waals surface area (Å²) in [5.74, 6) is 2.13. The molecule has 0 atom stereocenters. The van der Waals surface area contributed by atoms with Gasteiger partial charge in [0, 0.05) is 12.1 Å². The standard InChI is InChI=1S/C22H18O6/c1-24-17-7-5-13(10-19(17)25-2)4-6-14-11-16(23)21-20(28-14)12-18-15(8-9-27-18)22(21)26-3/h4-12H,1-3H3. The average molecular weight is 378 g/mol. The molecule has 0 aliphatic heterocycles. The molecule has 0 unspecified atom stereocenters. The summed E-state index contributed by atoms with van der Waals surface area (Å²) in [6, 6.07) is 10.4. The average Bonchev–Trinajstić information content (AvgIpc) is 3.18. The fourth-order valence-electron chi connectivity index (χ4n) is 3.16. The van der Waals surface area contributed by atoms with Crippen LogP contribution in [0.1, 0.15) is 11.3 Å². The minimum absolute atomic E-state index is 0.187. The van der Waals surface area contributed by atoms with E-state index < -0.39 is 0 Å². The van der Waals surface area contributed by atoms with Gasteiger partial charge in [-0.2, -0.15) is 0 Å². The molecule has 0 radical (unpaired) electrons. The van der Waals surface area contributed by atoms with E-state index in [0.717, 1.165) is 10.9 Å². The molecule has 6 heteroatoms. The number of benzene rings is 2. The van der Waals surface area contributed by atoms with Crippen molar-refractivity contribution in [3.05, 3.63) is 64.2 Å². The summed E-state index contributed by atoms with van der Waals surface area (Å²) in [5, 5.41) is 1.12. The Labute approximate surface area is 160 Å². The molecule has 4 rings (SSSR count). The molecule has 0 fully saturated rings. The van der Waals surface area contributed by atoms with Crippen LogP contribution in [0.15, 0.2) is 56.3 Å². The summed E-state index contributed by atoms with van der Waals surface area (Å²) in [6.07, 6.45) is 5.10. The lowest BCUT2D eigenvalue weighted by Gasteiger charge is -2.08. The van der Waals surface area contributed by atoms with Crippen molar-refractivity contribution in [1.29, 1.82) is 0 Å². The Morgan fingerprint density at radius 1 is 0.857 bits per heavy atom. The van der Waals surface area contributed by atoms with Gasteiger partial charge in [0.15, 0.2) is 16.9 Å². The zero-order valence-electron chi connectivity index (χ0n) is 15.6. The highest BCUT2D eigenvalue weighted by Gasteiger charge is 2.15. The molecule has 0 spiro atoms. The van der Waals surface area contributed by atoms with Crippen LogP contribution in [0.4, 0.5) is 0 Å². The zero-order chi connectivity index (χ0) is 19.7. The van der Waals surface area contributed by atoms with Crippen molar-refractivity contribution in [3.63, 3.8) is 0 Å². The lowest BCUT2D eigenvalue weighted by molar-refractivity contribution is 0.355. The van der Waals surface area contributed by atoms with Crippen LogP contribution in [0.5, 0.6) is 17.2 Å². The lowest BCUT2D eigenvalue weighted by atomic mass is 10.1. The Kier molecular flexibility index (Phi) is 4.53. The maximum Gasteiger partial charge on any atom is 0.197 e. The zero-order valence-corrected chi connectivity index (χ0v) is 15.6.